The monoisotopic (exact) mass is 2110 g/mol. The van der Waals surface area contributed by atoms with Gasteiger partial charge in [-0.25, -0.2) is 0 Å². The van der Waals surface area contributed by atoms with Gasteiger partial charge in [-0.3, -0.25) is 174 Å². The van der Waals surface area contributed by atoms with Crippen LogP contribution in [-0.4, -0.2) is 586 Å². The Morgan fingerprint density at radius 3 is 0.486 bits per heavy atom. The molecule has 50 nitrogen and oxygen atoms in total. The van der Waals surface area contributed by atoms with Crippen LogP contribution in [0.1, 0.15) is 73.1 Å². The number of ketones is 6. The Balaban J connectivity index is 0.0000490. The number of carboxylic acid groups (broad SMARTS) is 11. The van der Waals surface area contributed by atoms with Gasteiger partial charge in [0.2, 0.25) is 17.7 Å². The molecule has 14 N–H and O–H groups in total. The normalized spacial score (nSPS) is 19.6. The van der Waals surface area contributed by atoms with Gasteiger partial charge in [0.1, 0.15) is 34.7 Å². The molecule has 4 saturated heterocycles. The number of amides is 3. The summed E-state index contributed by atoms with van der Waals surface area (Å²) in [6.07, 6.45) is -2.73. The molecule has 138 heavy (non-hydrogen) atoms. The number of hydrogen-bond acceptors (Lipinski definition) is 36. The second-order valence-electron chi connectivity index (χ2n) is 36.6. The molecule has 3 amide bonds. The number of carboxylic acids is 11. The molecule has 4 aliphatic heterocycles. The molecule has 0 spiro atoms. The zero-order chi connectivity index (χ0) is 102. The number of carbonyl (C=O) groups is 20. The van der Waals surface area contributed by atoms with E-state index in [-0.39, 0.29) is 294 Å². The Morgan fingerprint density at radius 2 is 0.348 bits per heavy atom. The maximum atomic E-state index is 14.8. The Kier molecular flexibility index (Phi) is 59.2. The molecular weight excluding hydrogens is 1960 g/mol. The minimum atomic E-state index is -1.67. The average molecular weight is 2110 g/mol. The van der Waals surface area contributed by atoms with E-state index < -0.39 is 265 Å². The van der Waals surface area contributed by atoms with Crippen molar-refractivity contribution in [1.82, 2.24) is 94.3 Å². The maximum absolute atomic E-state index is 14.8. The fraction of sp³-hybridized carbons (Fsp3) is 0.770. The molecule has 0 aromatic carbocycles. The first-order valence-corrected chi connectivity index (χ1v) is 46.5. The summed E-state index contributed by atoms with van der Waals surface area (Å²) >= 11 is 0. The third-order valence-corrected chi connectivity index (χ3v) is 24.8. The first-order chi connectivity index (χ1) is 64.6. The molecule has 1 radical (unpaired) electrons. The van der Waals surface area contributed by atoms with Crippen LogP contribution in [0.5, 0.6) is 0 Å². The molecule has 4 aliphatic rings. The van der Waals surface area contributed by atoms with E-state index in [0.717, 1.165) is 0 Å². The van der Waals surface area contributed by atoms with Crippen molar-refractivity contribution in [3.8, 4) is 0 Å². The summed E-state index contributed by atoms with van der Waals surface area (Å²) in [5.41, 5.74) is -1.67. The van der Waals surface area contributed by atoms with E-state index in [0.29, 0.717) is 0 Å². The number of aliphatic carboxylic acids is 11. The molecule has 4 heterocycles. The zero-order valence-electron chi connectivity index (χ0n) is 80.2. The van der Waals surface area contributed by atoms with Crippen molar-refractivity contribution in [1.29, 1.82) is 0 Å². The quantitative estimate of drug-likeness (QED) is 0.0269. The topological polar surface area (TPSA) is 652 Å². The van der Waals surface area contributed by atoms with E-state index >= 15 is 0 Å². The van der Waals surface area contributed by atoms with Crippen molar-refractivity contribution < 1.29 is 192 Å². The Morgan fingerprint density at radius 1 is 0.217 bits per heavy atom. The standard InChI is InChI=1S/C87H147N19O31.Gd/c1-63(69(109)45-92-10-22-98(51-78(120)121)28-34-104(57-84(132)133)35-29-99(23-11-92)52-79(122)123)40-68(108)6-7-87(60-88-73(113)41-64(2)70(110)46-93-12-20-96(49-76(116)117)18-8-91(44-67(5)107)9-19-97(21-13-93)50-77(118)119,61-89-74(114)42-65(3)71(111)47-94-14-24-100(53-80(124)125)30-36-105(58-85(134)135)37-31-101(25-15-94)54-81(126)127)62-90-75(115)43-66(4)72(112)48-95-16-26-102(55-82(128)129)32-38-106(59-86(136)137)39-33-103(27-17-95)56-83(130)131;/h63-66H,6-62H2,1-5H3,(H,88,113)(H,89,114)(H,90,115)(H,116,117)(H,118,119)(H,120,121)(H,122,123)(H,124,125)(H,126,127)(H,128,129)(H,130,131)(H,132,133)(H,134,135)(H,136,137);/q;+3. The molecule has 0 aromatic rings. The smallest absolute Gasteiger partial charge is 0.480 e. The molecule has 4 rings (SSSR count). The summed E-state index contributed by atoms with van der Waals surface area (Å²) in [4.78, 5) is 288. The summed E-state index contributed by atoms with van der Waals surface area (Å²) in [5, 5.41) is 117. The fourth-order valence-corrected chi connectivity index (χ4v) is 16.4. The third-order valence-electron chi connectivity index (χ3n) is 24.8. The minimum absolute atomic E-state index is 0. The van der Waals surface area contributed by atoms with Gasteiger partial charge in [0.25, 0.3) is 0 Å². The SMILES string of the molecule is CC(=O)CN1CCN(CC(=O)O)CCN(CC(=O)C(C)CC(=O)NCC(CCC(=O)CC(C)C(=O)CN2CCN(CC(=O)O)CCN(CC(=O)O)CCN(CC(=O)O)CC2)(CNC(=O)CC(C)C(=O)CN2CCN(CC(=O)O)CCN(CC(=O)O)CCN(CC(=O)O)CC2)CNC(=O)CC(C)C(=O)CN2CCN(CC(=O)O)CCN(CC(=O)O)CCN(CC(=O)O)CC2)CCN(CC(=O)O)CC1.[Gd+3]. The van der Waals surface area contributed by atoms with Crippen molar-refractivity contribution in [3.05, 3.63) is 0 Å². The first-order valence-electron chi connectivity index (χ1n) is 46.5. The van der Waals surface area contributed by atoms with Crippen LogP contribution in [0.2, 0.25) is 0 Å². The number of carbonyl (C=O) groups excluding carboxylic acids is 9. The van der Waals surface area contributed by atoms with Crippen molar-refractivity contribution in [3.63, 3.8) is 0 Å². The van der Waals surface area contributed by atoms with Crippen LogP contribution in [0.3, 0.4) is 0 Å². The van der Waals surface area contributed by atoms with Crippen LogP contribution < -0.4 is 16.0 Å². The summed E-state index contributed by atoms with van der Waals surface area (Å²) in [7, 11) is 0. The average Bonchev–Trinajstić information content (AvgIpc) is 0.801. The van der Waals surface area contributed by atoms with E-state index in [1.165, 1.54) is 34.6 Å². The molecule has 0 bridgehead atoms. The molecule has 4 unspecified atom stereocenters. The number of nitrogens with one attached hydrogen (secondary N) is 3. The minimum Gasteiger partial charge on any atom is -0.480 e. The van der Waals surface area contributed by atoms with Crippen LogP contribution in [0.25, 0.3) is 0 Å². The van der Waals surface area contributed by atoms with E-state index in [9.17, 15) is 152 Å². The molecule has 0 aliphatic carbocycles. The Bertz CT molecular complexity index is 3390. The van der Waals surface area contributed by atoms with E-state index in [1.807, 2.05) is 0 Å². The number of hydrogen-bond donors (Lipinski definition) is 14. The summed E-state index contributed by atoms with van der Waals surface area (Å²) in [6.45, 7) is 2.87. The van der Waals surface area contributed by atoms with Crippen molar-refractivity contribution >= 4 is 118 Å². The van der Waals surface area contributed by atoms with Gasteiger partial charge in [-0.05, 0) is 13.3 Å². The largest absolute Gasteiger partial charge is 3.00 e. The second-order valence-corrected chi connectivity index (χ2v) is 36.6. The van der Waals surface area contributed by atoms with Crippen LogP contribution in [0.4, 0.5) is 0 Å². The predicted octanol–water partition coefficient (Wildman–Crippen LogP) is -7.54. The molecule has 781 valence electrons. The predicted molar refractivity (Wildman–Crippen MR) is 489 cm³/mol. The molecule has 4 atom stereocenters. The summed E-state index contributed by atoms with van der Waals surface area (Å²) in [5.74, 6) is -22.1. The summed E-state index contributed by atoms with van der Waals surface area (Å²) in [6, 6.07) is 0. The second kappa shape index (κ2) is 66.1. The van der Waals surface area contributed by atoms with Gasteiger partial charge in [0, 0.05) is 290 Å². The zero-order valence-corrected chi connectivity index (χ0v) is 82.5. The van der Waals surface area contributed by atoms with Crippen LogP contribution >= 0.6 is 0 Å². The van der Waals surface area contributed by atoms with E-state index in [1.54, 1.807) is 78.4 Å². The molecule has 51 heteroatoms. The van der Waals surface area contributed by atoms with E-state index in [2.05, 4.69) is 16.0 Å². The van der Waals surface area contributed by atoms with Gasteiger partial charge in [-0.15, -0.1) is 0 Å². The van der Waals surface area contributed by atoms with Gasteiger partial charge in [0.15, 0.2) is 0 Å². The van der Waals surface area contributed by atoms with E-state index in [4.69, 9.17) is 0 Å². The van der Waals surface area contributed by atoms with Gasteiger partial charge >= 0.3 is 106 Å². The molecule has 0 saturated carbocycles. The van der Waals surface area contributed by atoms with Gasteiger partial charge in [-0.2, -0.15) is 0 Å². The Hall–Kier alpha value is -8.72. The molecular formula is C87H147GdN19O31+3. The van der Waals surface area contributed by atoms with Crippen LogP contribution in [-0.2, 0) is 95.9 Å². The third kappa shape index (κ3) is 55.5. The molecule has 4 fully saturated rings. The van der Waals surface area contributed by atoms with Crippen LogP contribution in [0.15, 0.2) is 0 Å². The first kappa shape index (κ1) is 123. The fourth-order valence-electron chi connectivity index (χ4n) is 16.4. The van der Waals surface area contributed by atoms with Gasteiger partial charge in [0.05, 0.1) is 105 Å². The number of nitrogens with zero attached hydrogens (tertiary/aromatic N) is 16. The molecule has 0 aromatic heterocycles. The number of rotatable bonds is 53. The summed E-state index contributed by atoms with van der Waals surface area (Å²) < 4.78 is 0. The number of Topliss-reactive ketones (excluding diaryl/α,β-unsaturated/α-hetero) is 6. The van der Waals surface area contributed by atoms with Crippen LogP contribution in [0, 0.1) is 69.0 Å². The Labute approximate surface area is 835 Å². The maximum Gasteiger partial charge on any atom is 3.00 e. The van der Waals surface area contributed by atoms with Crippen molar-refractivity contribution in [2.45, 2.75) is 73.1 Å². The van der Waals surface area contributed by atoms with Crippen molar-refractivity contribution in [2.75, 3.05) is 334 Å². The van der Waals surface area contributed by atoms with Gasteiger partial charge in [-0.1, -0.05) is 27.7 Å². The van der Waals surface area contributed by atoms with Gasteiger partial charge < -0.3 is 72.1 Å². The van der Waals surface area contributed by atoms with Crippen molar-refractivity contribution in [2.24, 2.45) is 29.1 Å².